The summed E-state index contributed by atoms with van der Waals surface area (Å²) in [5, 5.41) is 3.56. The molecule has 1 fully saturated rings. The van der Waals surface area contributed by atoms with Crippen molar-refractivity contribution >= 4 is 37.5 Å². The van der Waals surface area contributed by atoms with Crippen molar-refractivity contribution in [3.63, 3.8) is 0 Å². The summed E-state index contributed by atoms with van der Waals surface area (Å²) in [5.41, 5.74) is 1.19. The fourth-order valence-corrected chi connectivity index (χ4v) is 2.41. The van der Waals surface area contributed by atoms with Gasteiger partial charge < -0.3 is 5.32 Å². The van der Waals surface area contributed by atoms with Gasteiger partial charge in [-0.05, 0) is 52.9 Å². The van der Waals surface area contributed by atoms with Gasteiger partial charge in [0.25, 0.3) is 0 Å². The molecule has 1 N–H and O–H groups in total. The topological polar surface area (TPSA) is 12.0 Å². The zero-order valence-electron chi connectivity index (χ0n) is 8.06. The van der Waals surface area contributed by atoms with E-state index in [1.165, 1.54) is 18.5 Å². The highest BCUT2D eigenvalue weighted by Gasteiger charge is 2.26. The van der Waals surface area contributed by atoms with E-state index in [4.69, 9.17) is 0 Å². The van der Waals surface area contributed by atoms with Gasteiger partial charge in [-0.25, -0.2) is 0 Å². The highest BCUT2D eigenvalue weighted by Crippen LogP contribution is 2.33. The molecule has 1 nitrogen and oxygen atoms in total. The molecule has 0 amide bonds. The van der Waals surface area contributed by atoms with Gasteiger partial charge in [0.15, 0.2) is 0 Å². The summed E-state index contributed by atoms with van der Waals surface area (Å²) in [6.07, 6.45) is 2.64. The van der Waals surface area contributed by atoms with Crippen molar-refractivity contribution in [3.8, 4) is 0 Å². The van der Waals surface area contributed by atoms with Crippen molar-refractivity contribution in [2.75, 3.05) is 5.32 Å². The zero-order valence-corrected chi connectivity index (χ0v) is 11.2. The molecule has 1 saturated carbocycles. The van der Waals surface area contributed by atoms with E-state index in [2.05, 4.69) is 56.2 Å². The molecule has 1 aromatic rings. The number of rotatable bonds is 2. The maximum Gasteiger partial charge on any atom is 0.0498 e. The number of hydrogen-bond donors (Lipinski definition) is 1. The molecule has 1 aromatic carbocycles. The van der Waals surface area contributed by atoms with Gasteiger partial charge >= 0.3 is 0 Å². The van der Waals surface area contributed by atoms with Gasteiger partial charge in [0, 0.05) is 20.7 Å². The van der Waals surface area contributed by atoms with Gasteiger partial charge in [0.1, 0.15) is 0 Å². The fraction of sp³-hybridized carbons (Fsp3) is 0.455. The Labute approximate surface area is 102 Å². The zero-order chi connectivity index (χ0) is 10.1. The first kappa shape index (κ1) is 10.5. The summed E-state index contributed by atoms with van der Waals surface area (Å²) in [6, 6.07) is 6.88. The average molecular weight is 319 g/mol. The molecule has 0 bridgehead atoms. The molecule has 2 unspecified atom stereocenters. The van der Waals surface area contributed by atoms with E-state index in [0.717, 1.165) is 14.9 Å². The lowest BCUT2D eigenvalue weighted by molar-refractivity contribution is 0.303. The van der Waals surface area contributed by atoms with Crippen LogP contribution in [0.2, 0.25) is 0 Å². The second kappa shape index (κ2) is 4.23. The molecular formula is C11H13Br2N. The third-order valence-corrected chi connectivity index (χ3v) is 4.07. The lowest BCUT2D eigenvalue weighted by Gasteiger charge is -2.35. The highest BCUT2D eigenvalue weighted by atomic mass is 79.9. The van der Waals surface area contributed by atoms with Crippen molar-refractivity contribution in [3.05, 3.63) is 27.1 Å². The Kier molecular flexibility index (Phi) is 3.17. The molecule has 1 aliphatic carbocycles. The van der Waals surface area contributed by atoms with Crippen molar-refractivity contribution in [2.24, 2.45) is 5.92 Å². The van der Waals surface area contributed by atoms with Gasteiger partial charge in [-0.15, -0.1) is 0 Å². The van der Waals surface area contributed by atoms with Crippen LogP contribution in [-0.2, 0) is 0 Å². The number of anilines is 1. The Bertz CT molecular complexity index is 338. The van der Waals surface area contributed by atoms with E-state index in [1.54, 1.807) is 0 Å². The third-order valence-electron chi connectivity index (χ3n) is 2.89. The molecule has 0 aliphatic heterocycles. The minimum atomic E-state index is 0.653. The Morgan fingerprint density at radius 3 is 2.64 bits per heavy atom. The smallest absolute Gasteiger partial charge is 0.0498 e. The first-order valence-corrected chi connectivity index (χ1v) is 6.47. The van der Waals surface area contributed by atoms with E-state index in [0.29, 0.717) is 6.04 Å². The summed E-state index contributed by atoms with van der Waals surface area (Å²) < 4.78 is 2.26. The van der Waals surface area contributed by atoms with E-state index in [9.17, 15) is 0 Å². The molecule has 76 valence electrons. The Morgan fingerprint density at radius 1 is 1.29 bits per heavy atom. The Balaban J connectivity index is 2.11. The minimum Gasteiger partial charge on any atom is -0.381 e. The lowest BCUT2D eigenvalue weighted by atomic mass is 9.81. The number of hydrogen-bond acceptors (Lipinski definition) is 1. The molecular weight excluding hydrogens is 306 g/mol. The fourth-order valence-electron chi connectivity index (χ4n) is 1.69. The quantitative estimate of drug-likeness (QED) is 0.851. The normalized spacial score (nSPS) is 25.6. The molecule has 14 heavy (non-hydrogen) atoms. The van der Waals surface area contributed by atoms with E-state index in [1.807, 2.05) is 6.07 Å². The van der Waals surface area contributed by atoms with Crippen LogP contribution in [0.4, 0.5) is 5.69 Å². The maximum atomic E-state index is 3.56. The second-order valence-electron chi connectivity index (χ2n) is 3.93. The van der Waals surface area contributed by atoms with E-state index >= 15 is 0 Å². The Hall–Kier alpha value is -0.0200. The summed E-state index contributed by atoms with van der Waals surface area (Å²) in [5.74, 6) is 0.806. The molecule has 2 rings (SSSR count). The van der Waals surface area contributed by atoms with Crippen LogP contribution in [0.5, 0.6) is 0 Å². The van der Waals surface area contributed by atoms with Gasteiger partial charge in [0.2, 0.25) is 0 Å². The maximum absolute atomic E-state index is 3.56. The monoisotopic (exact) mass is 317 g/mol. The van der Waals surface area contributed by atoms with Gasteiger partial charge in [0.05, 0.1) is 0 Å². The summed E-state index contributed by atoms with van der Waals surface area (Å²) in [7, 11) is 0. The first-order valence-electron chi connectivity index (χ1n) is 4.88. The predicted molar refractivity (Wildman–Crippen MR) is 67.7 cm³/mol. The third kappa shape index (κ3) is 2.14. The number of halogens is 2. The molecule has 1 aliphatic rings. The van der Waals surface area contributed by atoms with Crippen LogP contribution in [0.25, 0.3) is 0 Å². The summed E-state index contributed by atoms with van der Waals surface area (Å²) >= 11 is 7.03. The summed E-state index contributed by atoms with van der Waals surface area (Å²) in [4.78, 5) is 0. The molecule has 3 heteroatoms. The van der Waals surface area contributed by atoms with Crippen LogP contribution < -0.4 is 5.32 Å². The highest BCUT2D eigenvalue weighted by molar-refractivity contribution is 9.11. The van der Waals surface area contributed by atoms with Crippen LogP contribution in [0.1, 0.15) is 19.8 Å². The van der Waals surface area contributed by atoms with Gasteiger partial charge in [-0.3, -0.25) is 0 Å². The number of benzene rings is 1. The second-order valence-corrected chi connectivity index (χ2v) is 5.70. The Morgan fingerprint density at radius 2 is 2.07 bits per heavy atom. The molecule has 0 saturated heterocycles. The van der Waals surface area contributed by atoms with Crippen LogP contribution in [0.3, 0.4) is 0 Å². The lowest BCUT2D eigenvalue weighted by Crippen LogP contribution is -2.36. The van der Waals surface area contributed by atoms with Crippen molar-refractivity contribution < 1.29 is 0 Å². The first-order chi connectivity index (χ1) is 6.66. The van der Waals surface area contributed by atoms with Crippen LogP contribution in [0, 0.1) is 5.92 Å². The largest absolute Gasteiger partial charge is 0.381 e. The SMILES string of the molecule is CC1CCC1Nc1cc(Br)ccc1Br. The van der Waals surface area contributed by atoms with Crippen LogP contribution in [-0.4, -0.2) is 6.04 Å². The van der Waals surface area contributed by atoms with Crippen LogP contribution >= 0.6 is 31.9 Å². The average Bonchev–Trinajstić information content (AvgIpc) is 2.17. The van der Waals surface area contributed by atoms with Gasteiger partial charge in [-0.1, -0.05) is 22.9 Å². The minimum absolute atomic E-state index is 0.653. The molecule has 0 radical (unpaired) electrons. The van der Waals surface area contributed by atoms with Crippen molar-refractivity contribution in [1.29, 1.82) is 0 Å². The van der Waals surface area contributed by atoms with E-state index in [-0.39, 0.29) is 0 Å². The van der Waals surface area contributed by atoms with Crippen molar-refractivity contribution in [2.45, 2.75) is 25.8 Å². The standard InChI is InChI=1S/C11H13Br2N/c1-7-2-5-10(7)14-11-6-8(12)3-4-9(11)13/h3-4,6-7,10,14H,2,5H2,1H3. The molecule has 0 aromatic heterocycles. The van der Waals surface area contributed by atoms with Crippen molar-refractivity contribution in [1.82, 2.24) is 0 Å². The summed E-state index contributed by atoms with van der Waals surface area (Å²) in [6.45, 7) is 2.30. The molecule has 0 heterocycles. The van der Waals surface area contributed by atoms with Gasteiger partial charge in [-0.2, -0.15) is 0 Å². The predicted octanol–water partition coefficient (Wildman–Crippen LogP) is 4.42. The van der Waals surface area contributed by atoms with Crippen LogP contribution in [0.15, 0.2) is 27.1 Å². The molecule has 0 spiro atoms. The van der Waals surface area contributed by atoms with E-state index < -0.39 is 0 Å². The molecule has 2 atom stereocenters. The number of nitrogens with one attached hydrogen (secondary N) is 1.